The van der Waals surface area contributed by atoms with E-state index in [-0.39, 0.29) is 18.1 Å². The van der Waals surface area contributed by atoms with Crippen LogP contribution in [0.1, 0.15) is 38.7 Å². The Balaban J connectivity index is 2.47. The van der Waals surface area contributed by atoms with Crippen molar-refractivity contribution in [1.82, 2.24) is 10.2 Å². The summed E-state index contributed by atoms with van der Waals surface area (Å²) >= 11 is 12.7. The fourth-order valence-corrected chi connectivity index (χ4v) is 5.02. The van der Waals surface area contributed by atoms with Crippen LogP contribution in [0.3, 0.4) is 0 Å². The summed E-state index contributed by atoms with van der Waals surface area (Å²) in [6.07, 6.45) is 3.02. The summed E-state index contributed by atoms with van der Waals surface area (Å²) in [6.45, 7) is 3.69. The van der Waals surface area contributed by atoms with Crippen molar-refractivity contribution in [1.29, 1.82) is 0 Å². The van der Waals surface area contributed by atoms with Crippen LogP contribution in [0.2, 0.25) is 10.0 Å². The second-order valence-electron chi connectivity index (χ2n) is 8.26. The van der Waals surface area contributed by atoms with Crippen molar-refractivity contribution >= 4 is 50.7 Å². The number of hydrogen-bond donors (Lipinski definition) is 1. The van der Waals surface area contributed by atoms with Crippen LogP contribution in [0.5, 0.6) is 5.75 Å². The van der Waals surface area contributed by atoms with Gasteiger partial charge in [-0.25, -0.2) is 8.42 Å². The second kappa shape index (κ2) is 13.7. The van der Waals surface area contributed by atoms with Crippen molar-refractivity contribution in [2.24, 2.45) is 0 Å². The predicted molar refractivity (Wildman–Crippen MR) is 144 cm³/mol. The number of methoxy groups -OCH3 is 1. The van der Waals surface area contributed by atoms with Gasteiger partial charge >= 0.3 is 0 Å². The Morgan fingerprint density at radius 1 is 1.08 bits per heavy atom. The first kappa shape index (κ1) is 29.7. The SMILES string of the molecule is CCCCNC(=O)[C@H](CC)N(Cc1c(Cl)cccc1Cl)C(=O)CN(c1cccc(OC)c1)S(C)(=O)=O. The van der Waals surface area contributed by atoms with Gasteiger partial charge in [-0.15, -0.1) is 0 Å². The van der Waals surface area contributed by atoms with E-state index in [4.69, 9.17) is 27.9 Å². The molecule has 0 saturated carbocycles. The number of halogens is 2. The third kappa shape index (κ3) is 8.01. The smallest absolute Gasteiger partial charge is 0.244 e. The highest BCUT2D eigenvalue weighted by molar-refractivity contribution is 7.92. The molecule has 1 N–H and O–H groups in total. The maximum Gasteiger partial charge on any atom is 0.244 e. The first-order chi connectivity index (χ1) is 17.0. The van der Waals surface area contributed by atoms with E-state index in [1.807, 2.05) is 6.92 Å². The van der Waals surface area contributed by atoms with Gasteiger partial charge in [-0.3, -0.25) is 13.9 Å². The monoisotopic (exact) mass is 557 g/mol. The van der Waals surface area contributed by atoms with E-state index in [2.05, 4.69) is 5.32 Å². The van der Waals surface area contributed by atoms with E-state index in [0.717, 1.165) is 23.4 Å². The number of unbranched alkanes of at least 4 members (excludes halogenated alkanes) is 1. The maximum absolute atomic E-state index is 13.7. The van der Waals surface area contributed by atoms with Gasteiger partial charge in [0, 0.05) is 34.8 Å². The van der Waals surface area contributed by atoms with Crippen molar-refractivity contribution in [2.75, 3.05) is 30.8 Å². The number of carbonyl (C=O) groups is 2. The standard InChI is InChI=1S/C25H33Cl2N3O5S/c1-5-7-14-28-25(32)23(6-2)29(16-20-21(26)12-9-13-22(20)27)24(31)17-30(36(4,33)34)18-10-8-11-19(15-18)35-3/h8-13,15,23H,5-7,14,16-17H2,1-4H3,(H,28,32)/t23-/m0/s1. The lowest BCUT2D eigenvalue weighted by Gasteiger charge is -2.33. The van der Waals surface area contributed by atoms with Crippen molar-refractivity contribution < 1.29 is 22.7 Å². The van der Waals surface area contributed by atoms with Crippen LogP contribution in [0.25, 0.3) is 0 Å². The van der Waals surface area contributed by atoms with Crippen molar-refractivity contribution in [3.63, 3.8) is 0 Å². The molecule has 0 saturated heterocycles. The van der Waals surface area contributed by atoms with Crippen LogP contribution >= 0.6 is 23.2 Å². The van der Waals surface area contributed by atoms with Crippen LogP contribution in [0, 0.1) is 0 Å². The number of ether oxygens (including phenoxy) is 1. The Hall–Kier alpha value is -2.49. The van der Waals surface area contributed by atoms with Gasteiger partial charge in [0.1, 0.15) is 18.3 Å². The molecular weight excluding hydrogens is 525 g/mol. The molecule has 0 fully saturated rings. The molecule has 36 heavy (non-hydrogen) atoms. The van der Waals surface area contributed by atoms with Crippen LogP contribution in [0.15, 0.2) is 42.5 Å². The van der Waals surface area contributed by atoms with E-state index in [0.29, 0.717) is 34.3 Å². The van der Waals surface area contributed by atoms with Crippen LogP contribution < -0.4 is 14.4 Å². The van der Waals surface area contributed by atoms with Gasteiger partial charge in [0.15, 0.2) is 0 Å². The Morgan fingerprint density at radius 2 is 1.72 bits per heavy atom. The van der Waals surface area contributed by atoms with E-state index >= 15 is 0 Å². The van der Waals surface area contributed by atoms with Crippen molar-refractivity contribution in [2.45, 2.75) is 45.7 Å². The van der Waals surface area contributed by atoms with E-state index in [1.54, 1.807) is 43.3 Å². The number of rotatable bonds is 13. The molecule has 2 aromatic carbocycles. The zero-order valence-corrected chi connectivity index (χ0v) is 23.3. The average molecular weight is 559 g/mol. The molecule has 0 unspecified atom stereocenters. The summed E-state index contributed by atoms with van der Waals surface area (Å²) in [7, 11) is -2.39. The lowest BCUT2D eigenvalue weighted by Crippen LogP contribution is -2.52. The molecule has 2 amide bonds. The highest BCUT2D eigenvalue weighted by atomic mass is 35.5. The number of nitrogens with zero attached hydrogens (tertiary/aromatic N) is 2. The maximum atomic E-state index is 13.7. The Morgan fingerprint density at radius 3 is 2.28 bits per heavy atom. The van der Waals surface area contributed by atoms with Gasteiger partial charge in [0.05, 0.1) is 19.1 Å². The largest absolute Gasteiger partial charge is 0.497 e. The molecule has 0 bridgehead atoms. The number of hydrogen-bond acceptors (Lipinski definition) is 5. The summed E-state index contributed by atoms with van der Waals surface area (Å²) < 4.78 is 31.6. The Kier molecular flexibility index (Phi) is 11.3. The third-order valence-electron chi connectivity index (χ3n) is 5.63. The highest BCUT2D eigenvalue weighted by Crippen LogP contribution is 2.28. The first-order valence-corrected chi connectivity index (χ1v) is 14.3. The molecule has 0 aliphatic heterocycles. The number of sulfonamides is 1. The van der Waals surface area contributed by atoms with Gasteiger partial charge in [0.25, 0.3) is 0 Å². The average Bonchev–Trinajstić information content (AvgIpc) is 2.83. The number of carbonyl (C=O) groups excluding carboxylic acids is 2. The molecular formula is C25H33Cl2N3O5S. The van der Waals surface area contributed by atoms with Crippen LogP contribution in [0.4, 0.5) is 5.69 Å². The Labute approximate surface area is 223 Å². The van der Waals surface area contributed by atoms with Crippen LogP contribution in [-0.2, 0) is 26.2 Å². The molecule has 11 heteroatoms. The Bertz CT molecular complexity index is 1140. The fourth-order valence-electron chi connectivity index (χ4n) is 3.66. The summed E-state index contributed by atoms with van der Waals surface area (Å²) in [5.74, 6) is -0.457. The summed E-state index contributed by atoms with van der Waals surface area (Å²) in [6, 6.07) is 10.5. The zero-order valence-electron chi connectivity index (χ0n) is 21.0. The number of amides is 2. The minimum absolute atomic E-state index is 0.0627. The molecule has 0 radical (unpaired) electrons. The molecule has 0 aliphatic rings. The van der Waals surface area contributed by atoms with Gasteiger partial charge in [-0.1, -0.05) is 55.6 Å². The molecule has 8 nitrogen and oxygen atoms in total. The minimum atomic E-state index is -3.85. The lowest BCUT2D eigenvalue weighted by atomic mass is 10.1. The summed E-state index contributed by atoms with van der Waals surface area (Å²) in [4.78, 5) is 28.1. The van der Waals surface area contributed by atoms with Crippen molar-refractivity contribution in [3.8, 4) is 5.75 Å². The number of nitrogens with one attached hydrogen (secondary N) is 1. The molecule has 198 valence electrons. The normalized spacial score (nSPS) is 12.1. The van der Waals surface area contributed by atoms with Crippen LogP contribution in [-0.4, -0.2) is 57.6 Å². The van der Waals surface area contributed by atoms with E-state index in [9.17, 15) is 18.0 Å². The molecule has 0 aliphatic carbocycles. The first-order valence-electron chi connectivity index (χ1n) is 11.6. The van der Waals surface area contributed by atoms with Gasteiger partial charge in [-0.2, -0.15) is 0 Å². The van der Waals surface area contributed by atoms with Gasteiger partial charge < -0.3 is 15.0 Å². The zero-order chi connectivity index (χ0) is 26.9. The number of anilines is 1. The van der Waals surface area contributed by atoms with Gasteiger partial charge in [-0.05, 0) is 37.1 Å². The molecule has 2 rings (SSSR count). The lowest BCUT2D eigenvalue weighted by molar-refractivity contribution is -0.140. The molecule has 0 heterocycles. The molecule has 0 spiro atoms. The quantitative estimate of drug-likeness (QED) is 0.366. The number of benzene rings is 2. The third-order valence-corrected chi connectivity index (χ3v) is 7.47. The second-order valence-corrected chi connectivity index (χ2v) is 11.0. The van der Waals surface area contributed by atoms with E-state index < -0.39 is 28.5 Å². The topological polar surface area (TPSA) is 96.0 Å². The molecule has 1 atom stereocenters. The fraction of sp³-hybridized carbons (Fsp3) is 0.440. The molecule has 0 aromatic heterocycles. The minimum Gasteiger partial charge on any atom is -0.497 e. The van der Waals surface area contributed by atoms with E-state index in [1.165, 1.54) is 18.1 Å². The van der Waals surface area contributed by atoms with Crippen molar-refractivity contribution in [3.05, 3.63) is 58.1 Å². The highest BCUT2D eigenvalue weighted by Gasteiger charge is 2.32. The van der Waals surface area contributed by atoms with Gasteiger partial charge in [0.2, 0.25) is 21.8 Å². The predicted octanol–water partition coefficient (Wildman–Crippen LogP) is 4.49. The summed E-state index contributed by atoms with van der Waals surface area (Å²) in [5, 5.41) is 3.55. The molecule has 2 aromatic rings. The summed E-state index contributed by atoms with van der Waals surface area (Å²) in [5.41, 5.74) is 0.739.